The van der Waals surface area contributed by atoms with E-state index in [-0.39, 0.29) is 18.3 Å². The van der Waals surface area contributed by atoms with Crippen molar-refractivity contribution in [3.8, 4) is 11.5 Å². The second-order valence-corrected chi connectivity index (χ2v) is 5.41. The highest BCUT2D eigenvalue weighted by atomic mass is 35.5. The number of halogens is 1. The van der Waals surface area contributed by atoms with Crippen molar-refractivity contribution in [2.24, 2.45) is 5.73 Å². The van der Waals surface area contributed by atoms with Crippen molar-refractivity contribution in [3.05, 3.63) is 54.1 Å². The number of nitrogens with two attached hydrogens (primary N) is 1. The van der Waals surface area contributed by atoms with Gasteiger partial charge in [0, 0.05) is 18.7 Å². The van der Waals surface area contributed by atoms with Gasteiger partial charge in [0.15, 0.2) is 0 Å². The van der Waals surface area contributed by atoms with Crippen LogP contribution in [0, 0.1) is 0 Å². The molecule has 0 saturated carbocycles. The molecule has 25 heavy (non-hydrogen) atoms. The Morgan fingerprint density at radius 1 is 1.04 bits per heavy atom. The first kappa shape index (κ1) is 20.8. The molecule has 0 saturated heterocycles. The number of carbonyl (C=O) groups is 1. The maximum atomic E-state index is 12.0. The van der Waals surface area contributed by atoms with Crippen molar-refractivity contribution in [2.75, 3.05) is 25.6 Å². The van der Waals surface area contributed by atoms with Crippen molar-refractivity contribution in [2.45, 2.75) is 19.3 Å². The van der Waals surface area contributed by atoms with E-state index in [0.717, 1.165) is 30.0 Å². The maximum absolute atomic E-state index is 12.0. The van der Waals surface area contributed by atoms with Gasteiger partial charge >= 0.3 is 0 Å². The van der Waals surface area contributed by atoms with E-state index < -0.39 is 0 Å². The number of hydrogen-bond donors (Lipinski definition) is 2. The van der Waals surface area contributed by atoms with E-state index in [1.54, 1.807) is 7.11 Å². The average molecular weight is 365 g/mol. The van der Waals surface area contributed by atoms with Gasteiger partial charge in [0.2, 0.25) is 5.91 Å². The zero-order valence-electron chi connectivity index (χ0n) is 14.4. The molecule has 0 aliphatic carbocycles. The molecule has 0 spiro atoms. The lowest BCUT2D eigenvalue weighted by molar-refractivity contribution is -0.116. The van der Waals surface area contributed by atoms with Crippen molar-refractivity contribution < 1.29 is 14.3 Å². The monoisotopic (exact) mass is 364 g/mol. The van der Waals surface area contributed by atoms with Crippen LogP contribution in [0.4, 0.5) is 5.69 Å². The first-order valence-electron chi connectivity index (χ1n) is 8.07. The quantitative estimate of drug-likeness (QED) is 0.715. The van der Waals surface area contributed by atoms with E-state index in [1.165, 1.54) is 5.56 Å². The molecule has 0 aromatic heterocycles. The average Bonchev–Trinajstić information content (AvgIpc) is 2.62. The topological polar surface area (TPSA) is 73.6 Å². The van der Waals surface area contributed by atoms with Crippen LogP contribution in [0.2, 0.25) is 0 Å². The van der Waals surface area contributed by atoms with Gasteiger partial charge in [-0.2, -0.15) is 0 Å². The van der Waals surface area contributed by atoms with E-state index in [9.17, 15) is 4.79 Å². The summed E-state index contributed by atoms with van der Waals surface area (Å²) in [5, 5.41) is 2.89. The fourth-order valence-electron chi connectivity index (χ4n) is 2.28. The predicted molar refractivity (Wildman–Crippen MR) is 103 cm³/mol. The number of methoxy groups -OCH3 is 1. The zero-order valence-corrected chi connectivity index (χ0v) is 15.2. The Morgan fingerprint density at radius 2 is 1.68 bits per heavy atom. The van der Waals surface area contributed by atoms with Crippen molar-refractivity contribution >= 4 is 24.0 Å². The number of ether oxygens (including phenoxy) is 2. The minimum Gasteiger partial charge on any atom is -0.497 e. The second-order valence-electron chi connectivity index (χ2n) is 5.41. The van der Waals surface area contributed by atoms with Crippen LogP contribution in [-0.4, -0.2) is 26.2 Å². The number of aryl methyl sites for hydroxylation is 1. The number of amides is 1. The minimum atomic E-state index is 0. The third kappa shape index (κ3) is 7.45. The fraction of sp³-hybridized carbons (Fsp3) is 0.316. The predicted octanol–water partition coefficient (Wildman–Crippen LogP) is 3.42. The molecule has 2 rings (SSSR count). The van der Waals surface area contributed by atoms with E-state index in [4.69, 9.17) is 15.2 Å². The molecule has 2 aromatic carbocycles. The molecule has 6 heteroatoms. The lowest BCUT2D eigenvalue weighted by atomic mass is 10.1. The molecule has 0 radical (unpaired) electrons. The molecule has 5 nitrogen and oxygen atoms in total. The summed E-state index contributed by atoms with van der Waals surface area (Å²) in [5.41, 5.74) is 7.35. The normalized spacial score (nSPS) is 9.84. The molecule has 136 valence electrons. The van der Waals surface area contributed by atoms with Crippen LogP contribution in [0.5, 0.6) is 11.5 Å². The molecule has 0 heterocycles. The molecule has 0 unspecified atom stereocenters. The maximum Gasteiger partial charge on any atom is 0.224 e. The summed E-state index contributed by atoms with van der Waals surface area (Å²) in [7, 11) is 1.65. The summed E-state index contributed by atoms with van der Waals surface area (Å²) in [5.74, 6) is 1.60. The van der Waals surface area contributed by atoms with Crippen LogP contribution in [0.3, 0.4) is 0 Å². The number of carbonyl (C=O) groups excluding carboxylic acids is 1. The Balaban J connectivity index is 0.00000312. The third-order valence-corrected chi connectivity index (χ3v) is 3.55. The van der Waals surface area contributed by atoms with Gasteiger partial charge in [-0.15, -0.1) is 12.4 Å². The Labute approximate surface area is 154 Å². The summed E-state index contributed by atoms with van der Waals surface area (Å²) < 4.78 is 10.5. The number of anilines is 1. The van der Waals surface area contributed by atoms with Gasteiger partial charge in [-0.1, -0.05) is 12.1 Å². The fourth-order valence-corrected chi connectivity index (χ4v) is 2.28. The number of hydrogen-bond acceptors (Lipinski definition) is 4. The van der Waals surface area contributed by atoms with Gasteiger partial charge in [0.05, 0.1) is 7.11 Å². The van der Waals surface area contributed by atoms with Crippen LogP contribution in [0.1, 0.15) is 18.4 Å². The molecule has 0 atom stereocenters. The van der Waals surface area contributed by atoms with Crippen LogP contribution in [-0.2, 0) is 11.2 Å². The van der Waals surface area contributed by atoms with Gasteiger partial charge in [0.1, 0.15) is 18.1 Å². The van der Waals surface area contributed by atoms with Crippen LogP contribution in [0.25, 0.3) is 0 Å². The van der Waals surface area contributed by atoms with Crippen LogP contribution in [0.15, 0.2) is 48.5 Å². The Hall–Kier alpha value is -2.24. The highest BCUT2D eigenvalue weighted by Gasteiger charge is 2.03. The summed E-state index contributed by atoms with van der Waals surface area (Å²) in [4.78, 5) is 12.0. The smallest absolute Gasteiger partial charge is 0.224 e. The molecular formula is C19H25ClN2O3. The lowest BCUT2D eigenvalue weighted by Gasteiger charge is -2.08. The molecule has 0 aliphatic heterocycles. The van der Waals surface area contributed by atoms with Gasteiger partial charge < -0.3 is 20.5 Å². The molecule has 3 N–H and O–H groups in total. The van der Waals surface area contributed by atoms with Crippen molar-refractivity contribution in [1.29, 1.82) is 0 Å². The summed E-state index contributed by atoms with van der Waals surface area (Å²) in [6, 6.07) is 15.2. The van der Waals surface area contributed by atoms with E-state index >= 15 is 0 Å². The number of nitrogens with one attached hydrogen (secondary N) is 1. The first-order valence-corrected chi connectivity index (χ1v) is 8.07. The molecule has 0 fully saturated rings. The van der Waals surface area contributed by atoms with Gasteiger partial charge in [-0.25, -0.2) is 0 Å². The van der Waals surface area contributed by atoms with Crippen LogP contribution >= 0.6 is 12.4 Å². The lowest BCUT2D eigenvalue weighted by Crippen LogP contribution is -2.12. The summed E-state index contributed by atoms with van der Waals surface area (Å²) >= 11 is 0. The molecular weight excluding hydrogens is 340 g/mol. The second kappa shape index (κ2) is 11.3. The van der Waals surface area contributed by atoms with Gasteiger partial charge in [-0.3, -0.25) is 4.79 Å². The van der Waals surface area contributed by atoms with Gasteiger partial charge in [-0.05, 0) is 54.8 Å². The minimum absolute atomic E-state index is 0. The molecule has 2 aromatic rings. The van der Waals surface area contributed by atoms with Crippen LogP contribution < -0.4 is 20.5 Å². The Bertz CT molecular complexity index is 630. The summed E-state index contributed by atoms with van der Waals surface area (Å²) in [6.07, 6.45) is 2.15. The Kier molecular flexibility index (Phi) is 9.43. The Morgan fingerprint density at radius 3 is 2.28 bits per heavy atom. The first-order chi connectivity index (χ1) is 11.7. The SMILES string of the molecule is COc1ccc(CCCC(=O)Nc2ccc(OCCN)cc2)cc1.Cl. The van der Waals surface area contributed by atoms with E-state index in [0.29, 0.717) is 19.6 Å². The number of benzene rings is 2. The highest BCUT2D eigenvalue weighted by Crippen LogP contribution is 2.16. The molecule has 0 aliphatic rings. The van der Waals surface area contributed by atoms with E-state index in [1.807, 2.05) is 48.5 Å². The zero-order chi connectivity index (χ0) is 17.2. The molecule has 0 bridgehead atoms. The number of rotatable bonds is 9. The van der Waals surface area contributed by atoms with Gasteiger partial charge in [0.25, 0.3) is 0 Å². The van der Waals surface area contributed by atoms with Crippen molar-refractivity contribution in [1.82, 2.24) is 0 Å². The largest absolute Gasteiger partial charge is 0.497 e. The highest BCUT2D eigenvalue weighted by molar-refractivity contribution is 5.90. The van der Waals surface area contributed by atoms with E-state index in [2.05, 4.69) is 5.32 Å². The molecule has 1 amide bonds. The third-order valence-electron chi connectivity index (χ3n) is 3.55. The summed E-state index contributed by atoms with van der Waals surface area (Å²) in [6.45, 7) is 0.962. The standard InChI is InChI=1S/C19H24N2O3.ClH/c1-23-17-9-5-15(6-10-17)3-2-4-19(22)21-16-7-11-18(12-8-16)24-14-13-20;/h5-12H,2-4,13-14,20H2,1H3,(H,21,22);1H. The van der Waals surface area contributed by atoms with Crippen molar-refractivity contribution in [3.63, 3.8) is 0 Å².